The largest absolute Gasteiger partial charge is 0.756 e. The number of quaternary nitrogens is 1. The van der Waals surface area contributed by atoms with E-state index < -0.39 is 20.0 Å². The van der Waals surface area contributed by atoms with Gasteiger partial charge >= 0.3 is 0 Å². The van der Waals surface area contributed by atoms with Crippen LogP contribution in [0.5, 0.6) is 0 Å². The number of unbranched alkanes of at least 4 members (excludes halogenated alkanes) is 41. The second kappa shape index (κ2) is 53.8. The van der Waals surface area contributed by atoms with Crippen molar-refractivity contribution in [3.63, 3.8) is 0 Å². The van der Waals surface area contributed by atoms with Gasteiger partial charge in [0, 0.05) is 6.42 Å². The van der Waals surface area contributed by atoms with Crippen LogP contribution in [0.25, 0.3) is 0 Å². The third kappa shape index (κ3) is 56.5. The fraction of sp³-hybridized carbons (Fsp3) is 0.919. The van der Waals surface area contributed by atoms with E-state index in [1.54, 1.807) is 0 Å². The Hall–Kier alpha value is -1.02. The van der Waals surface area contributed by atoms with E-state index in [4.69, 9.17) is 9.05 Å². The summed E-state index contributed by atoms with van der Waals surface area (Å²) in [6, 6.07) is -0.808. The molecule has 0 heterocycles. The maximum atomic E-state index is 13.0. The average molecular weight is 1020 g/mol. The van der Waals surface area contributed by atoms with E-state index in [-0.39, 0.29) is 19.1 Å². The minimum absolute atomic E-state index is 0.0104. The lowest BCUT2D eigenvalue weighted by atomic mass is 10.0. The third-order valence-corrected chi connectivity index (χ3v) is 15.4. The maximum absolute atomic E-state index is 13.0. The number of rotatable bonds is 58. The Morgan fingerprint density at radius 2 is 0.817 bits per heavy atom. The number of nitrogens with one attached hydrogen (secondary N) is 1. The molecule has 9 heteroatoms. The van der Waals surface area contributed by atoms with Gasteiger partial charge in [-0.25, -0.2) is 0 Å². The van der Waals surface area contributed by atoms with Crippen LogP contribution in [0.4, 0.5) is 0 Å². The van der Waals surface area contributed by atoms with Gasteiger partial charge in [-0.15, -0.1) is 0 Å². The van der Waals surface area contributed by atoms with Crippen LogP contribution in [0.3, 0.4) is 0 Å². The average Bonchev–Trinajstić information content (AvgIpc) is 3.33. The molecule has 0 aliphatic rings. The molecule has 8 nitrogen and oxygen atoms in total. The lowest BCUT2D eigenvalue weighted by Crippen LogP contribution is -2.46. The first-order valence-corrected chi connectivity index (χ1v) is 32.6. The van der Waals surface area contributed by atoms with E-state index in [2.05, 4.69) is 43.5 Å². The zero-order chi connectivity index (χ0) is 52.0. The Kier molecular flexibility index (Phi) is 53.0. The first-order valence-electron chi connectivity index (χ1n) is 31.2. The molecule has 3 atom stereocenters. The van der Waals surface area contributed by atoms with Gasteiger partial charge in [0.2, 0.25) is 5.91 Å². The summed E-state index contributed by atoms with van der Waals surface area (Å²) in [6.45, 7) is 4.73. The number of likely N-dealkylation sites (N-methyl/N-ethyl adjacent to an activating group) is 1. The fourth-order valence-electron chi connectivity index (χ4n) is 9.54. The lowest BCUT2D eigenvalue weighted by molar-refractivity contribution is -0.870. The van der Waals surface area contributed by atoms with E-state index in [1.807, 2.05) is 21.1 Å². The number of allylic oxidation sites excluding steroid dienone is 4. The lowest BCUT2D eigenvalue weighted by Gasteiger charge is -2.30. The second-order valence-corrected chi connectivity index (χ2v) is 24.2. The van der Waals surface area contributed by atoms with Crippen molar-refractivity contribution >= 4 is 13.7 Å². The molecule has 0 fully saturated rings. The monoisotopic (exact) mass is 1020 g/mol. The van der Waals surface area contributed by atoms with Crippen LogP contribution in [-0.2, 0) is 18.4 Å². The minimum Gasteiger partial charge on any atom is -0.756 e. The molecule has 0 aromatic carbocycles. The Balaban J connectivity index is 3.99. The minimum atomic E-state index is -4.58. The Bertz CT molecular complexity index is 1210. The molecule has 0 radical (unpaired) electrons. The predicted molar refractivity (Wildman–Crippen MR) is 307 cm³/mol. The van der Waals surface area contributed by atoms with Crippen molar-refractivity contribution in [2.45, 2.75) is 328 Å². The molecule has 0 spiro atoms. The molecule has 1 amide bonds. The molecular formula is C62H123N2O6P. The molecular weight excluding hydrogens is 900 g/mol. The smallest absolute Gasteiger partial charge is 0.268 e. The van der Waals surface area contributed by atoms with Crippen molar-refractivity contribution < 1.29 is 32.9 Å². The quantitative estimate of drug-likeness (QED) is 0.0272. The molecule has 0 aliphatic heterocycles. The van der Waals surface area contributed by atoms with Gasteiger partial charge in [-0.05, 0) is 44.9 Å². The molecule has 422 valence electrons. The molecule has 0 aromatic heterocycles. The molecule has 0 saturated heterocycles. The van der Waals surface area contributed by atoms with Crippen molar-refractivity contribution in [2.24, 2.45) is 0 Å². The molecule has 0 aromatic rings. The Morgan fingerprint density at radius 1 is 0.493 bits per heavy atom. The number of carbonyl (C=O) groups is 1. The highest BCUT2D eigenvalue weighted by Crippen LogP contribution is 2.38. The highest BCUT2D eigenvalue weighted by molar-refractivity contribution is 7.45. The van der Waals surface area contributed by atoms with Gasteiger partial charge in [-0.2, -0.15) is 0 Å². The number of nitrogens with zero attached hydrogens (tertiary/aromatic N) is 1. The predicted octanol–water partition coefficient (Wildman–Crippen LogP) is 18.5. The van der Waals surface area contributed by atoms with E-state index in [9.17, 15) is 19.4 Å². The van der Waals surface area contributed by atoms with E-state index >= 15 is 0 Å². The van der Waals surface area contributed by atoms with Gasteiger partial charge in [-0.3, -0.25) is 9.36 Å². The summed E-state index contributed by atoms with van der Waals surface area (Å²) in [4.78, 5) is 25.5. The van der Waals surface area contributed by atoms with E-state index in [0.29, 0.717) is 23.9 Å². The van der Waals surface area contributed by atoms with Crippen LogP contribution >= 0.6 is 7.82 Å². The highest BCUT2D eigenvalue weighted by atomic mass is 31.2. The number of hydrogen-bond acceptors (Lipinski definition) is 6. The van der Waals surface area contributed by atoms with Crippen LogP contribution in [0.2, 0.25) is 0 Å². The number of aliphatic hydroxyl groups is 1. The molecule has 2 N–H and O–H groups in total. The highest BCUT2D eigenvalue weighted by Gasteiger charge is 2.24. The third-order valence-electron chi connectivity index (χ3n) is 14.4. The first-order chi connectivity index (χ1) is 34.5. The zero-order valence-electron chi connectivity index (χ0n) is 48.2. The number of carbonyl (C=O) groups excluding carboxylic acids is 1. The molecule has 0 bridgehead atoms. The topological polar surface area (TPSA) is 108 Å². The standard InChI is InChI=1S/C62H123N2O6P/c1-6-8-10-12-14-16-18-20-22-24-25-26-27-28-29-30-31-32-33-34-35-36-37-38-39-40-41-43-45-47-49-51-53-55-61(65)60(59-70-71(67,68)69-58-57-64(3,4)5)63-62(66)56-54-52-50-48-46-44-42-23-21-19-17-15-13-11-9-7-2/h17,19,23,42,60-61,65H,6-16,18,20-22,24-41,43-59H2,1-5H3,(H-,63,66,67,68)/b19-17-,42-23-. The number of hydrogen-bond donors (Lipinski definition) is 2. The summed E-state index contributed by atoms with van der Waals surface area (Å²) in [6.07, 6.45) is 68.1. The summed E-state index contributed by atoms with van der Waals surface area (Å²) in [5.74, 6) is -0.174. The summed E-state index contributed by atoms with van der Waals surface area (Å²) in [5.41, 5.74) is 0. The number of amides is 1. The van der Waals surface area contributed by atoms with Crippen molar-refractivity contribution in [1.29, 1.82) is 0 Å². The second-order valence-electron chi connectivity index (χ2n) is 22.8. The van der Waals surface area contributed by atoms with Gasteiger partial charge in [-0.1, -0.05) is 289 Å². The van der Waals surface area contributed by atoms with Gasteiger partial charge in [0.15, 0.2) is 0 Å². The molecule has 0 rings (SSSR count). The van der Waals surface area contributed by atoms with Gasteiger partial charge in [0.25, 0.3) is 7.82 Å². The normalized spacial score (nSPS) is 14.0. The fourth-order valence-corrected chi connectivity index (χ4v) is 10.3. The van der Waals surface area contributed by atoms with Crippen molar-refractivity contribution in [3.8, 4) is 0 Å². The Labute approximate surface area is 443 Å². The zero-order valence-corrected chi connectivity index (χ0v) is 49.1. The number of phosphoric ester groups is 1. The summed E-state index contributed by atoms with van der Waals surface area (Å²) < 4.78 is 23.4. The number of aliphatic hydroxyl groups excluding tert-OH is 1. The SMILES string of the molecule is CCCCCC/C=C\C/C=C\CCCCCCCC(=O)NC(COP(=O)([O-])OCC[N+](C)(C)C)C(O)CCCCCCCCCCCCCCCCCCCCCCCCCCCCCCCCCCC. The van der Waals surface area contributed by atoms with Crippen LogP contribution < -0.4 is 10.2 Å². The Morgan fingerprint density at radius 3 is 1.18 bits per heavy atom. The van der Waals surface area contributed by atoms with Crippen LogP contribution in [0.1, 0.15) is 316 Å². The van der Waals surface area contributed by atoms with Crippen LogP contribution in [0, 0.1) is 0 Å². The number of phosphoric acid groups is 1. The first kappa shape index (κ1) is 70.0. The molecule has 0 saturated carbocycles. The van der Waals surface area contributed by atoms with Crippen LogP contribution in [0.15, 0.2) is 24.3 Å². The maximum Gasteiger partial charge on any atom is 0.268 e. The molecule has 71 heavy (non-hydrogen) atoms. The van der Waals surface area contributed by atoms with Crippen molar-refractivity contribution in [1.82, 2.24) is 5.32 Å². The van der Waals surface area contributed by atoms with Crippen molar-refractivity contribution in [3.05, 3.63) is 24.3 Å². The van der Waals surface area contributed by atoms with Gasteiger partial charge in [0.05, 0.1) is 39.9 Å². The van der Waals surface area contributed by atoms with Crippen LogP contribution in [-0.4, -0.2) is 68.5 Å². The molecule has 0 aliphatic carbocycles. The summed E-state index contributed by atoms with van der Waals surface area (Å²) in [7, 11) is 1.31. The van der Waals surface area contributed by atoms with Crippen molar-refractivity contribution in [2.75, 3.05) is 40.9 Å². The van der Waals surface area contributed by atoms with Gasteiger partial charge < -0.3 is 28.8 Å². The van der Waals surface area contributed by atoms with E-state index in [0.717, 1.165) is 64.2 Å². The summed E-state index contributed by atoms with van der Waals surface area (Å²) >= 11 is 0. The molecule has 3 unspecified atom stereocenters. The summed E-state index contributed by atoms with van der Waals surface area (Å²) in [5, 5.41) is 14.0. The van der Waals surface area contributed by atoms with E-state index in [1.165, 1.54) is 225 Å². The van der Waals surface area contributed by atoms with Gasteiger partial charge in [0.1, 0.15) is 13.2 Å².